The molecule has 1 saturated heterocycles. The van der Waals surface area contributed by atoms with Crippen molar-refractivity contribution in [3.05, 3.63) is 78.1 Å². The van der Waals surface area contributed by atoms with Crippen LogP contribution in [0.15, 0.2) is 67.0 Å². The van der Waals surface area contributed by atoms with E-state index in [1.54, 1.807) is 6.33 Å². The van der Waals surface area contributed by atoms with Gasteiger partial charge in [0, 0.05) is 36.3 Å². The lowest BCUT2D eigenvalue weighted by atomic mass is 10.0. The second-order valence-corrected chi connectivity index (χ2v) is 8.29. The van der Waals surface area contributed by atoms with Crippen molar-refractivity contribution in [2.24, 2.45) is 0 Å². The fraction of sp³-hybridized carbons (Fsp3) is 0.346. The molecule has 1 aromatic heterocycles. The Morgan fingerprint density at radius 1 is 1.00 bits per heavy atom. The topological polar surface area (TPSA) is 58.1 Å². The maximum absolute atomic E-state index is 12.8. The molecule has 31 heavy (non-hydrogen) atoms. The lowest BCUT2D eigenvalue weighted by molar-refractivity contribution is 0.0938. The standard InChI is InChI=1S/C26H30N4O/c1-20(13-14-21-9-4-2-5-10-21)29-26(31)23-12-8-11-22(17-23)24-18-25(28-19-27-24)30-15-6-3-7-16-30/h2,4-5,8-12,17-20H,3,6-7,13-16H2,1H3,(H,29,31)/t20-/m1/s1. The Balaban J connectivity index is 1.41. The van der Waals surface area contributed by atoms with Crippen LogP contribution < -0.4 is 10.2 Å². The third kappa shape index (κ3) is 5.69. The van der Waals surface area contributed by atoms with Crippen LogP contribution in [0.4, 0.5) is 5.82 Å². The van der Waals surface area contributed by atoms with Crippen LogP contribution in [0.1, 0.15) is 48.5 Å². The van der Waals surface area contributed by atoms with Crippen molar-refractivity contribution >= 4 is 11.7 Å². The number of amides is 1. The van der Waals surface area contributed by atoms with E-state index >= 15 is 0 Å². The molecule has 5 heteroatoms. The molecule has 1 amide bonds. The van der Waals surface area contributed by atoms with Crippen molar-refractivity contribution in [2.75, 3.05) is 18.0 Å². The first-order chi connectivity index (χ1) is 15.2. The second kappa shape index (κ2) is 10.2. The molecule has 1 fully saturated rings. The van der Waals surface area contributed by atoms with Gasteiger partial charge < -0.3 is 10.2 Å². The lowest BCUT2D eigenvalue weighted by Crippen LogP contribution is -2.32. The molecule has 3 aromatic rings. The SMILES string of the molecule is C[C@H](CCc1ccccc1)NC(=O)c1cccc(-c2cc(N3CCCCC3)ncn2)c1. The van der Waals surface area contributed by atoms with Gasteiger partial charge in [-0.15, -0.1) is 0 Å². The highest BCUT2D eigenvalue weighted by Crippen LogP contribution is 2.24. The number of nitrogens with zero attached hydrogens (tertiary/aromatic N) is 3. The number of carbonyl (C=O) groups excluding carboxylic acids is 1. The molecular weight excluding hydrogens is 384 g/mol. The Hall–Kier alpha value is -3.21. The van der Waals surface area contributed by atoms with E-state index in [9.17, 15) is 4.79 Å². The second-order valence-electron chi connectivity index (χ2n) is 8.29. The van der Waals surface area contributed by atoms with Crippen LogP contribution in [0.3, 0.4) is 0 Å². The average molecular weight is 415 g/mol. The van der Waals surface area contributed by atoms with Gasteiger partial charge in [-0.1, -0.05) is 42.5 Å². The number of aryl methyl sites for hydroxylation is 1. The van der Waals surface area contributed by atoms with Crippen LogP contribution in [-0.2, 0) is 6.42 Å². The minimum atomic E-state index is -0.0484. The van der Waals surface area contributed by atoms with E-state index in [-0.39, 0.29) is 11.9 Å². The number of piperidine rings is 1. The van der Waals surface area contributed by atoms with Crippen molar-refractivity contribution in [3.8, 4) is 11.3 Å². The van der Waals surface area contributed by atoms with Crippen LogP contribution >= 0.6 is 0 Å². The predicted molar refractivity (Wildman–Crippen MR) is 125 cm³/mol. The third-order valence-electron chi connectivity index (χ3n) is 5.84. The highest BCUT2D eigenvalue weighted by atomic mass is 16.1. The first kappa shape index (κ1) is 21.0. The number of anilines is 1. The Morgan fingerprint density at radius 3 is 2.61 bits per heavy atom. The fourth-order valence-corrected chi connectivity index (χ4v) is 4.03. The smallest absolute Gasteiger partial charge is 0.251 e. The molecule has 0 unspecified atom stereocenters. The van der Waals surface area contributed by atoms with Crippen molar-refractivity contribution in [2.45, 2.75) is 45.1 Å². The fourth-order valence-electron chi connectivity index (χ4n) is 4.03. The number of benzene rings is 2. The number of rotatable bonds is 7. The molecule has 0 radical (unpaired) electrons. The van der Waals surface area contributed by atoms with Crippen molar-refractivity contribution in [3.63, 3.8) is 0 Å². The molecule has 4 rings (SSSR count). The number of aromatic nitrogens is 2. The molecule has 1 N–H and O–H groups in total. The van der Waals surface area contributed by atoms with Crippen LogP contribution in [0.25, 0.3) is 11.3 Å². The summed E-state index contributed by atoms with van der Waals surface area (Å²) in [6.07, 6.45) is 7.17. The van der Waals surface area contributed by atoms with Crippen LogP contribution in [0, 0.1) is 0 Å². The predicted octanol–water partition coefficient (Wildman–Crippen LogP) is 4.89. The van der Waals surface area contributed by atoms with Gasteiger partial charge in [-0.3, -0.25) is 4.79 Å². The summed E-state index contributed by atoms with van der Waals surface area (Å²) in [4.78, 5) is 24.1. The average Bonchev–Trinajstić information content (AvgIpc) is 2.84. The van der Waals surface area contributed by atoms with E-state index in [1.165, 1.54) is 24.8 Å². The van der Waals surface area contributed by atoms with Gasteiger partial charge in [-0.05, 0) is 56.7 Å². The van der Waals surface area contributed by atoms with E-state index in [2.05, 4.69) is 39.2 Å². The van der Waals surface area contributed by atoms with E-state index in [0.717, 1.165) is 43.0 Å². The van der Waals surface area contributed by atoms with Gasteiger partial charge >= 0.3 is 0 Å². The Bertz CT molecular complexity index is 999. The maximum atomic E-state index is 12.8. The van der Waals surface area contributed by atoms with Crippen molar-refractivity contribution in [1.29, 1.82) is 0 Å². The Kier molecular flexibility index (Phi) is 6.92. The van der Waals surface area contributed by atoms with Gasteiger partial charge in [-0.25, -0.2) is 9.97 Å². The monoisotopic (exact) mass is 414 g/mol. The number of hydrogen-bond donors (Lipinski definition) is 1. The van der Waals surface area contributed by atoms with E-state index in [4.69, 9.17) is 0 Å². The summed E-state index contributed by atoms with van der Waals surface area (Å²) in [5.74, 6) is 0.918. The number of nitrogens with one attached hydrogen (secondary N) is 1. The molecule has 1 aliphatic heterocycles. The highest BCUT2D eigenvalue weighted by Gasteiger charge is 2.15. The van der Waals surface area contributed by atoms with Crippen molar-refractivity contribution < 1.29 is 4.79 Å². The summed E-state index contributed by atoms with van der Waals surface area (Å²) >= 11 is 0. The van der Waals surface area contributed by atoms with Gasteiger partial charge in [0.1, 0.15) is 12.1 Å². The molecular formula is C26H30N4O. The molecule has 1 aliphatic rings. The maximum Gasteiger partial charge on any atom is 0.251 e. The van der Waals surface area contributed by atoms with Gasteiger partial charge in [-0.2, -0.15) is 0 Å². The van der Waals surface area contributed by atoms with E-state index in [1.807, 2.05) is 48.5 Å². The summed E-state index contributed by atoms with van der Waals surface area (Å²) in [6.45, 7) is 4.14. The molecule has 2 aromatic carbocycles. The van der Waals surface area contributed by atoms with Gasteiger partial charge in [0.05, 0.1) is 5.69 Å². The Labute approximate surface area is 184 Å². The van der Waals surface area contributed by atoms with Gasteiger partial charge in [0.25, 0.3) is 5.91 Å². The minimum Gasteiger partial charge on any atom is -0.357 e. The molecule has 160 valence electrons. The number of hydrogen-bond acceptors (Lipinski definition) is 4. The first-order valence-electron chi connectivity index (χ1n) is 11.2. The van der Waals surface area contributed by atoms with Crippen LogP contribution in [-0.4, -0.2) is 35.0 Å². The largest absolute Gasteiger partial charge is 0.357 e. The van der Waals surface area contributed by atoms with Gasteiger partial charge in [0.2, 0.25) is 0 Å². The Morgan fingerprint density at radius 2 is 1.81 bits per heavy atom. The summed E-state index contributed by atoms with van der Waals surface area (Å²) in [6, 6.07) is 20.2. The molecule has 1 atom stereocenters. The third-order valence-corrected chi connectivity index (χ3v) is 5.84. The lowest BCUT2D eigenvalue weighted by Gasteiger charge is -2.27. The van der Waals surface area contributed by atoms with E-state index in [0.29, 0.717) is 5.56 Å². The molecule has 0 spiro atoms. The summed E-state index contributed by atoms with van der Waals surface area (Å²) in [7, 11) is 0. The van der Waals surface area contributed by atoms with Crippen LogP contribution in [0.5, 0.6) is 0 Å². The zero-order valence-electron chi connectivity index (χ0n) is 18.1. The molecule has 0 aliphatic carbocycles. The minimum absolute atomic E-state index is 0.0484. The quantitative estimate of drug-likeness (QED) is 0.598. The molecule has 2 heterocycles. The summed E-state index contributed by atoms with van der Waals surface area (Å²) in [5.41, 5.74) is 3.73. The first-order valence-corrected chi connectivity index (χ1v) is 11.2. The number of carbonyl (C=O) groups is 1. The molecule has 5 nitrogen and oxygen atoms in total. The van der Waals surface area contributed by atoms with Crippen molar-refractivity contribution in [1.82, 2.24) is 15.3 Å². The zero-order chi connectivity index (χ0) is 21.5. The van der Waals surface area contributed by atoms with Gasteiger partial charge in [0.15, 0.2) is 0 Å². The van der Waals surface area contributed by atoms with Crippen LogP contribution in [0.2, 0.25) is 0 Å². The highest BCUT2D eigenvalue weighted by molar-refractivity contribution is 5.95. The van der Waals surface area contributed by atoms with E-state index < -0.39 is 0 Å². The molecule has 0 bridgehead atoms. The molecule has 0 saturated carbocycles. The summed E-state index contributed by atoms with van der Waals surface area (Å²) < 4.78 is 0. The summed E-state index contributed by atoms with van der Waals surface area (Å²) in [5, 5.41) is 3.13. The normalized spacial score (nSPS) is 14.8. The zero-order valence-corrected chi connectivity index (χ0v) is 18.1.